The van der Waals surface area contributed by atoms with E-state index in [9.17, 15) is 4.79 Å². The summed E-state index contributed by atoms with van der Waals surface area (Å²) in [5.41, 5.74) is 2.09. The zero-order valence-corrected chi connectivity index (χ0v) is 14.6. The van der Waals surface area contributed by atoms with Gasteiger partial charge >= 0.3 is 0 Å². The molecule has 0 radical (unpaired) electrons. The molecule has 0 aliphatic rings. The Morgan fingerprint density at radius 3 is 2.46 bits per heavy atom. The Hall–Kier alpha value is -2.83. The van der Waals surface area contributed by atoms with E-state index in [1.165, 1.54) is 7.11 Å². The summed E-state index contributed by atoms with van der Waals surface area (Å²) in [5.74, 6) is 1.50. The molecular weight excluding hydrogens is 308 g/mol. The normalized spacial score (nSPS) is 10.2. The quantitative estimate of drug-likeness (QED) is 0.870. The van der Waals surface area contributed by atoms with Crippen molar-refractivity contribution in [2.24, 2.45) is 0 Å². The first-order chi connectivity index (χ1) is 11.4. The molecule has 1 aromatic carbocycles. The molecule has 0 fully saturated rings. The lowest BCUT2D eigenvalue weighted by Crippen LogP contribution is -2.24. The fourth-order valence-corrected chi connectivity index (χ4v) is 2.16. The van der Waals surface area contributed by atoms with Crippen LogP contribution in [0, 0.1) is 6.92 Å². The second-order valence-electron chi connectivity index (χ2n) is 5.45. The highest BCUT2D eigenvalue weighted by atomic mass is 16.5. The number of aryl methyl sites for hydroxylation is 1. The third-order valence-corrected chi connectivity index (χ3v) is 3.37. The molecule has 128 valence electrons. The molecule has 1 N–H and O–H groups in total. The van der Waals surface area contributed by atoms with Gasteiger partial charge in [0.2, 0.25) is 5.95 Å². The number of nitrogens with one attached hydrogen (secondary N) is 1. The predicted octanol–water partition coefficient (Wildman–Crippen LogP) is 1.80. The maximum Gasteiger partial charge on any atom is 0.251 e. The van der Waals surface area contributed by atoms with Crippen molar-refractivity contribution < 1.29 is 14.3 Å². The Morgan fingerprint density at radius 2 is 1.83 bits per heavy atom. The van der Waals surface area contributed by atoms with Crippen molar-refractivity contribution in [2.75, 3.05) is 33.2 Å². The number of carbonyl (C=O) groups is 1. The van der Waals surface area contributed by atoms with Crippen LogP contribution in [0.15, 0.2) is 24.3 Å². The zero-order valence-electron chi connectivity index (χ0n) is 14.6. The number of nitrogens with zero attached hydrogens (tertiary/aromatic N) is 3. The molecule has 2 aromatic rings. The third kappa shape index (κ3) is 4.13. The Kier molecular flexibility index (Phi) is 5.57. The minimum atomic E-state index is -0.210. The molecule has 0 aliphatic heterocycles. The van der Waals surface area contributed by atoms with Gasteiger partial charge in [-0.05, 0) is 31.2 Å². The molecule has 1 aromatic heterocycles. The number of aromatic nitrogens is 2. The highest BCUT2D eigenvalue weighted by Crippen LogP contribution is 2.27. The Labute approximate surface area is 141 Å². The summed E-state index contributed by atoms with van der Waals surface area (Å²) < 4.78 is 10.4. The number of methoxy groups -OCH3 is 2. The number of anilines is 1. The molecule has 7 nitrogen and oxygen atoms in total. The lowest BCUT2D eigenvalue weighted by atomic mass is 10.2. The largest absolute Gasteiger partial charge is 0.493 e. The van der Waals surface area contributed by atoms with Crippen LogP contribution in [-0.2, 0) is 6.54 Å². The van der Waals surface area contributed by atoms with E-state index in [2.05, 4.69) is 15.3 Å². The average Bonchev–Trinajstić information content (AvgIpc) is 2.58. The van der Waals surface area contributed by atoms with Crippen LogP contribution in [-0.4, -0.2) is 44.2 Å². The van der Waals surface area contributed by atoms with Crippen molar-refractivity contribution in [3.05, 3.63) is 41.2 Å². The molecule has 1 heterocycles. The molecule has 0 bridgehead atoms. The second-order valence-corrected chi connectivity index (χ2v) is 5.45. The van der Waals surface area contributed by atoms with Crippen molar-refractivity contribution in [2.45, 2.75) is 13.5 Å². The number of hydrogen-bond donors (Lipinski definition) is 1. The van der Waals surface area contributed by atoms with Gasteiger partial charge in [0, 0.05) is 25.4 Å². The van der Waals surface area contributed by atoms with E-state index in [-0.39, 0.29) is 5.91 Å². The molecule has 0 saturated heterocycles. The highest BCUT2D eigenvalue weighted by Gasteiger charge is 2.11. The number of amides is 1. The summed E-state index contributed by atoms with van der Waals surface area (Å²) in [5, 5.41) is 2.85. The lowest BCUT2D eigenvalue weighted by molar-refractivity contribution is 0.0950. The molecule has 0 aliphatic carbocycles. The van der Waals surface area contributed by atoms with Gasteiger partial charge in [-0.15, -0.1) is 0 Å². The van der Waals surface area contributed by atoms with Gasteiger partial charge in [-0.3, -0.25) is 4.79 Å². The SMILES string of the molecule is COc1ccc(C(=O)NCc2cc(C)nc(N(C)C)n2)cc1OC. The van der Waals surface area contributed by atoms with E-state index in [0.29, 0.717) is 29.6 Å². The van der Waals surface area contributed by atoms with Crippen molar-refractivity contribution in [1.29, 1.82) is 0 Å². The fraction of sp³-hybridized carbons (Fsp3) is 0.353. The van der Waals surface area contributed by atoms with Gasteiger partial charge in [0.15, 0.2) is 11.5 Å². The molecule has 0 spiro atoms. The predicted molar refractivity (Wildman–Crippen MR) is 91.8 cm³/mol. The average molecular weight is 330 g/mol. The monoisotopic (exact) mass is 330 g/mol. The standard InChI is InChI=1S/C17H22N4O3/c1-11-8-13(20-17(19-11)21(2)3)10-18-16(22)12-6-7-14(23-4)15(9-12)24-5/h6-9H,10H2,1-5H3,(H,18,22). The molecule has 1 amide bonds. The zero-order chi connectivity index (χ0) is 17.7. The van der Waals surface area contributed by atoms with Crippen LogP contribution in [0.2, 0.25) is 0 Å². The van der Waals surface area contributed by atoms with E-state index < -0.39 is 0 Å². The summed E-state index contributed by atoms with van der Waals surface area (Å²) >= 11 is 0. The number of carbonyl (C=O) groups excluding carboxylic acids is 1. The van der Waals surface area contributed by atoms with E-state index >= 15 is 0 Å². The molecule has 0 atom stereocenters. The first-order valence-corrected chi connectivity index (χ1v) is 7.46. The molecule has 2 rings (SSSR count). The summed E-state index contributed by atoms with van der Waals surface area (Å²) in [6.45, 7) is 2.21. The smallest absolute Gasteiger partial charge is 0.251 e. The van der Waals surface area contributed by atoms with Gasteiger partial charge < -0.3 is 19.7 Å². The van der Waals surface area contributed by atoms with Gasteiger partial charge in [0.05, 0.1) is 26.5 Å². The third-order valence-electron chi connectivity index (χ3n) is 3.37. The van der Waals surface area contributed by atoms with Crippen LogP contribution >= 0.6 is 0 Å². The van der Waals surface area contributed by atoms with Crippen LogP contribution in [0.1, 0.15) is 21.7 Å². The van der Waals surface area contributed by atoms with Crippen LogP contribution in [0.5, 0.6) is 11.5 Å². The number of ether oxygens (including phenoxy) is 2. The van der Waals surface area contributed by atoms with Crippen LogP contribution in [0.4, 0.5) is 5.95 Å². The number of benzene rings is 1. The maximum absolute atomic E-state index is 12.3. The van der Waals surface area contributed by atoms with Crippen LogP contribution in [0.3, 0.4) is 0 Å². The van der Waals surface area contributed by atoms with E-state index in [0.717, 1.165) is 11.4 Å². The molecular formula is C17H22N4O3. The Balaban J connectivity index is 2.11. The number of rotatable bonds is 6. The summed E-state index contributed by atoms with van der Waals surface area (Å²) in [7, 11) is 6.84. The molecule has 0 saturated carbocycles. The topological polar surface area (TPSA) is 76.6 Å². The summed E-state index contributed by atoms with van der Waals surface area (Å²) in [4.78, 5) is 22.9. The van der Waals surface area contributed by atoms with Crippen molar-refractivity contribution in [3.8, 4) is 11.5 Å². The first kappa shape index (κ1) is 17.5. The molecule has 0 unspecified atom stereocenters. The Morgan fingerprint density at radius 1 is 1.12 bits per heavy atom. The molecule has 7 heteroatoms. The minimum absolute atomic E-state index is 0.210. The molecule has 24 heavy (non-hydrogen) atoms. The van der Waals surface area contributed by atoms with E-state index in [1.807, 2.05) is 32.0 Å². The van der Waals surface area contributed by atoms with Gasteiger partial charge in [-0.25, -0.2) is 9.97 Å². The van der Waals surface area contributed by atoms with Gasteiger partial charge in [0.25, 0.3) is 5.91 Å². The van der Waals surface area contributed by atoms with E-state index in [1.54, 1.807) is 25.3 Å². The number of hydrogen-bond acceptors (Lipinski definition) is 6. The second kappa shape index (κ2) is 7.63. The fourth-order valence-electron chi connectivity index (χ4n) is 2.16. The van der Waals surface area contributed by atoms with Crippen LogP contribution < -0.4 is 19.7 Å². The lowest BCUT2D eigenvalue weighted by Gasteiger charge is -2.13. The highest BCUT2D eigenvalue weighted by molar-refractivity contribution is 5.94. The van der Waals surface area contributed by atoms with Crippen molar-refractivity contribution in [3.63, 3.8) is 0 Å². The van der Waals surface area contributed by atoms with Gasteiger partial charge in [-0.2, -0.15) is 0 Å². The van der Waals surface area contributed by atoms with E-state index in [4.69, 9.17) is 9.47 Å². The summed E-state index contributed by atoms with van der Waals surface area (Å²) in [6, 6.07) is 6.88. The first-order valence-electron chi connectivity index (χ1n) is 7.46. The van der Waals surface area contributed by atoms with Crippen molar-refractivity contribution in [1.82, 2.24) is 15.3 Å². The minimum Gasteiger partial charge on any atom is -0.493 e. The van der Waals surface area contributed by atoms with Crippen molar-refractivity contribution >= 4 is 11.9 Å². The Bertz CT molecular complexity index is 732. The maximum atomic E-state index is 12.3. The van der Waals surface area contributed by atoms with Crippen LogP contribution in [0.25, 0.3) is 0 Å². The van der Waals surface area contributed by atoms with Gasteiger partial charge in [0.1, 0.15) is 0 Å². The summed E-state index contributed by atoms with van der Waals surface area (Å²) in [6.07, 6.45) is 0. The van der Waals surface area contributed by atoms with Gasteiger partial charge in [-0.1, -0.05) is 0 Å².